The molecule has 148 valence electrons. The zero-order valence-electron chi connectivity index (χ0n) is 17.0. The van der Waals surface area contributed by atoms with Crippen LogP contribution in [0.3, 0.4) is 0 Å². The highest BCUT2D eigenvalue weighted by Gasteiger charge is 2.24. The first kappa shape index (κ1) is 21.1. The average Bonchev–Trinajstić information content (AvgIpc) is 2.49. The second kappa shape index (κ2) is 7.82. The van der Waals surface area contributed by atoms with Crippen molar-refractivity contribution in [2.45, 2.75) is 64.9 Å². The summed E-state index contributed by atoms with van der Waals surface area (Å²) in [6.07, 6.45) is 1.73. The van der Waals surface area contributed by atoms with E-state index in [0.717, 1.165) is 5.56 Å². The fourth-order valence-electron chi connectivity index (χ4n) is 2.46. The van der Waals surface area contributed by atoms with Crippen molar-refractivity contribution in [3.8, 4) is 0 Å². The van der Waals surface area contributed by atoms with Crippen LogP contribution in [0, 0.1) is 13.8 Å². The fraction of sp³-hybridized carbons (Fsp3) is 0.474. The molecule has 0 amide bonds. The van der Waals surface area contributed by atoms with Crippen LogP contribution in [-0.4, -0.2) is 30.0 Å². The van der Waals surface area contributed by atoms with E-state index < -0.39 is 15.6 Å². The number of aromatic nitrogens is 2. The minimum atomic E-state index is -3.63. The van der Waals surface area contributed by atoms with Gasteiger partial charge >= 0.3 is 0 Å². The number of nitrogens with zero attached hydrogens (tertiary/aromatic N) is 2. The van der Waals surface area contributed by atoms with Gasteiger partial charge < -0.3 is 10.6 Å². The Labute approximate surface area is 162 Å². The van der Waals surface area contributed by atoms with E-state index >= 15 is 0 Å². The summed E-state index contributed by atoms with van der Waals surface area (Å²) in [6, 6.07) is 5.45. The van der Waals surface area contributed by atoms with Crippen LogP contribution in [0.4, 0.5) is 17.5 Å². The quantitative estimate of drug-likeness (QED) is 0.694. The Bertz CT molecular complexity index is 918. The molecular weight excluding hydrogens is 362 g/mol. The second-order valence-corrected chi connectivity index (χ2v) is 9.64. The van der Waals surface area contributed by atoms with Gasteiger partial charge in [0.05, 0.1) is 4.90 Å². The number of anilines is 3. The van der Waals surface area contributed by atoms with Crippen LogP contribution < -0.4 is 15.4 Å². The van der Waals surface area contributed by atoms with Gasteiger partial charge in [-0.05, 0) is 66.2 Å². The van der Waals surface area contributed by atoms with E-state index in [2.05, 4.69) is 25.3 Å². The third-order valence-electron chi connectivity index (χ3n) is 3.57. The highest BCUT2D eigenvalue weighted by molar-refractivity contribution is 7.89. The normalized spacial score (nSPS) is 12.3. The molecule has 1 heterocycles. The van der Waals surface area contributed by atoms with Gasteiger partial charge in [0.1, 0.15) is 5.82 Å². The van der Waals surface area contributed by atoms with Crippen LogP contribution in [0.25, 0.3) is 0 Å². The molecule has 0 saturated carbocycles. The highest BCUT2D eigenvalue weighted by atomic mass is 32.2. The summed E-state index contributed by atoms with van der Waals surface area (Å²) in [7, 11) is -3.63. The molecule has 8 heteroatoms. The third-order valence-corrected chi connectivity index (χ3v) is 5.47. The summed E-state index contributed by atoms with van der Waals surface area (Å²) in [4.78, 5) is 8.99. The van der Waals surface area contributed by atoms with Gasteiger partial charge in [0.2, 0.25) is 16.0 Å². The first-order valence-electron chi connectivity index (χ1n) is 8.89. The molecule has 0 spiro atoms. The molecule has 0 radical (unpaired) electrons. The minimum Gasteiger partial charge on any atom is -0.352 e. The van der Waals surface area contributed by atoms with Crippen molar-refractivity contribution in [1.82, 2.24) is 14.7 Å². The first-order chi connectivity index (χ1) is 12.4. The Balaban J connectivity index is 2.37. The van der Waals surface area contributed by atoms with Crippen molar-refractivity contribution < 1.29 is 8.42 Å². The fourth-order valence-corrected chi connectivity index (χ4v) is 4.15. The molecule has 2 rings (SSSR count). The van der Waals surface area contributed by atoms with E-state index in [9.17, 15) is 8.42 Å². The molecule has 0 aliphatic heterocycles. The van der Waals surface area contributed by atoms with E-state index in [1.54, 1.807) is 25.3 Å². The topological polar surface area (TPSA) is 96.0 Å². The minimum absolute atomic E-state index is 0.208. The van der Waals surface area contributed by atoms with E-state index in [1.165, 1.54) is 0 Å². The molecule has 0 aliphatic carbocycles. The number of rotatable bonds is 6. The van der Waals surface area contributed by atoms with Crippen LogP contribution in [0.15, 0.2) is 29.3 Å². The lowest BCUT2D eigenvalue weighted by Crippen LogP contribution is -2.40. The monoisotopic (exact) mass is 391 g/mol. The van der Waals surface area contributed by atoms with E-state index in [4.69, 9.17) is 0 Å². The van der Waals surface area contributed by atoms with Crippen molar-refractivity contribution in [3.05, 3.63) is 35.5 Å². The molecule has 3 N–H and O–H groups in total. The summed E-state index contributed by atoms with van der Waals surface area (Å²) >= 11 is 0. The molecule has 7 nitrogen and oxygen atoms in total. The van der Waals surface area contributed by atoms with Gasteiger partial charge in [-0.2, -0.15) is 4.98 Å². The summed E-state index contributed by atoms with van der Waals surface area (Å²) < 4.78 is 28.2. The smallest absolute Gasteiger partial charge is 0.241 e. The van der Waals surface area contributed by atoms with Gasteiger partial charge in [-0.15, -0.1) is 0 Å². The molecular formula is C19H29N5O2S. The average molecular weight is 392 g/mol. The van der Waals surface area contributed by atoms with Crippen LogP contribution in [-0.2, 0) is 10.0 Å². The van der Waals surface area contributed by atoms with E-state index in [1.807, 2.05) is 47.6 Å². The molecule has 0 bridgehead atoms. The zero-order chi connectivity index (χ0) is 20.4. The Morgan fingerprint density at radius 2 is 1.74 bits per heavy atom. The molecule has 1 aromatic carbocycles. The van der Waals surface area contributed by atoms with Crippen molar-refractivity contribution in [2.24, 2.45) is 0 Å². The van der Waals surface area contributed by atoms with Crippen molar-refractivity contribution in [2.75, 3.05) is 10.6 Å². The second-order valence-electron chi connectivity index (χ2n) is 7.99. The number of benzene rings is 1. The maximum absolute atomic E-state index is 12.7. The van der Waals surface area contributed by atoms with Crippen molar-refractivity contribution in [3.63, 3.8) is 0 Å². The number of sulfonamides is 1. The van der Waals surface area contributed by atoms with Crippen LogP contribution >= 0.6 is 0 Å². The Kier molecular flexibility index (Phi) is 6.11. The lowest BCUT2D eigenvalue weighted by atomic mass is 10.1. The van der Waals surface area contributed by atoms with E-state index in [-0.39, 0.29) is 10.9 Å². The van der Waals surface area contributed by atoms with Crippen molar-refractivity contribution >= 4 is 27.5 Å². The summed E-state index contributed by atoms with van der Waals surface area (Å²) in [6.45, 7) is 13.1. The number of hydrogen-bond donors (Lipinski definition) is 3. The van der Waals surface area contributed by atoms with Gasteiger partial charge in [-0.3, -0.25) is 0 Å². The van der Waals surface area contributed by atoms with Gasteiger partial charge in [0.25, 0.3) is 0 Å². The van der Waals surface area contributed by atoms with Gasteiger partial charge in [0, 0.05) is 29.0 Å². The van der Waals surface area contributed by atoms with E-state index in [0.29, 0.717) is 23.0 Å². The van der Waals surface area contributed by atoms with Gasteiger partial charge in [-0.1, -0.05) is 6.07 Å². The summed E-state index contributed by atoms with van der Waals surface area (Å²) in [5.41, 5.74) is 1.63. The largest absolute Gasteiger partial charge is 0.352 e. The standard InChI is InChI=1S/C19H29N5O2S/c1-12(2)21-18-20-11-14(4)17(23-18)22-15-9-8-13(3)16(10-15)27(25,26)24-19(5,6)7/h8-12,24H,1-7H3,(H2,20,21,22,23). The van der Waals surface area contributed by atoms with Crippen LogP contribution in [0.5, 0.6) is 0 Å². The maximum Gasteiger partial charge on any atom is 0.241 e. The Hall–Kier alpha value is -2.19. The Morgan fingerprint density at radius 1 is 1.07 bits per heavy atom. The lowest BCUT2D eigenvalue weighted by molar-refractivity contribution is 0.491. The first-order valence-corrected chi connectivity index (χ1v) is 10.4. The highest BCUT2D eigenvalue weighted by Crippen LogP contribution is 2.25. The zero-order valence-corrected chi connectivity index (χ0v) is 17.8. The molecule has 27 heavy (non-hydrogen) atoms. The number of nitrogens with one attached hydrogen (secondary N) is 3. The SMILES string of the molecule is Cc1ccc(Nc2nc(NC(C)C)ncc2C)cc1S(=O)(=O)NC(C)(C)C. The summed E-state index contributed by atoms with van der Waals surface area (Å²) in [5.74, 6) is 1.15. The van der Waals surface area contributed by atoms with Gasteiger partial charge in [0.15, 0.2) is 0 Å². The van der Waals surface area contributed by atoms with Crippen molar-refractivity contribution in [1.29, 1.82) is 0 Å². The van der Waals surface area contributed by atoms with Gasteiger partial charge in [-0.25, -0.2) is 18.1 Å². The molecule has 0 aliphatic rings. The molecule has 0 unspecified atom stereocenters. The third kappa shape index (κ3) is 5.90. The van der Waals surface area contributed by atoms with Crippen LogP contribution in [0.1, 0.15) is 45.7 Å². The summed E-state index contributed by atoms with van der Waals surface area (Å²) in [5, 5.41) is 6.37. The molecule has 0 saturated heterocycles. The number of hydrogen-bond acceptors (Lipinski definition) is 6. The molecule has 1 aromatic heterocycles. The molecule has 0 atom stereocenters. The van der Waals surface area contributed by atoms with Crippen LogP contribution in [0.2, 0.25) is 0 Å². The predicted octanol–water partition coefficient (Wildman–Crippen LogP) is 3.73. The molecule has 2 aromatic rings. The molecule has 0 fully saturated rings. The number of aryl methyl sites for hydroxylation is 2. The Morgan fingerprint density at radius 3 is 2.33 bits per heavy atom. The maximum atomic E-state index is 12.7. The predicted molar refractivity (Wildman–Crippen MR) is 110 cm³/mol. The lowest BCUT2D eigenvalue weighted by Gasteiger charge is -2.21.